The third-order valence-electron chi connectivity index (χ3n) is 3.40. The fourth-order valence-electron chi connectivity index (χ4n) is 2.38. The highest BCUT2D eigenvalue weighted by atomic mass is 16.5. The highest BCUT2D eigenvalue weighted by molar-refractivity contribution is 5.78. The van der Waals surface area contributed by atoms with Crippen LogP contribution in [0.1, 0.15) is 12.8 Å². The minimum absolute atomic E-state index is 0.0831. The van der Waals surface area contributed by atoms with Gasteiger partial charge in [0.05, 0.1) is 24.4 Å². The van der Waals surface area contributed by atoms with Crippen molar-refractivity contribution in [2.75, 3.05) is 30.8 Å². The van der Waals surface area contributed by atoms with Crippen molar-refractivity contribution in [2.45, 2.75) is 12.8 Å². The Kier molecular flexibility index (Phi) is 3.60. The van der Waals surface area contributed by atoms with E-state index in [1.807, 2.05) is 12.1 Å². The number of anilines is 2. The number of rotatable bonds is 3. The number of methoxy groups -OCH3 is 1. The van der Waals surface area contributed by atoms with Crippen LogP contribution in [0.5, 0.6) is 5.75 Å². The summed E-state index contributed by atoms with van der Waals surface area (Å²) in [4.78, 5) is 13.4. The van der Waals surface area contributed by atoms with Crippen molar-refractivity contribution in [1.29, 1.82) is 0 Å². The van der Waals surface area contributed by atoms with Crippen LogP contribution in [0, 0.1) is 5.92 Å². The molecule has 5 nitrogen and oxygen atoms in total. The van der Waals surface area contributed by atoms with Gasteiger partial charge in [-0.15, -0.1) is 0 Å². The summed E-state index contributed by atoms with van der Waals surface area (Å²) in [7, 11) is 1.61. The molecule has 4 N–H and O–H groups in total. The van der Waals surface area contributed by atoms with E-state index in [9.17, 15) is 4.79 Å². The Labute approximate surface area is 107 Å². The molecule has 1 aliphatic rings. The standard InChI is InChI=1S/C13H19N3O2/c1-18-10-4-5-12(11(14)7-10)16-6-2-3-9(8-16)13(15)17/h4-5,7,9H,2-3,6,8,14H2,1H3,(H2,15,17). The number of primary amides is 1. The molecule has 1 heterocycles. The van der Waals surface area contributed by atoms with Gasteiger partial charge in [0.1, 0.15) is 5.75 Å². The van der Waals surface area contributed by atoms with Gasteiger partial charge in [0.25, 0.3) is 0 Å². The largest absolute Gasteiger partial charge is 0.497 e. The Morgan fingerprint density at radius 1 is 1.50 bits per heavy atom. The van der Waals surface area contributed by atoms with Crippen LogP contribution < -0.4 is 21.1 Å². The number of nitrogens with zero attached hydrogens (tertiary/aromatic N) is 1. The van der Waals surface area contributed by atoms with Gasteiger partial charge in [0.2, 0.25) is 5.91 Å². The quantitative estimate of drug-likeness (QED) is 0.782. The normalized spacial score (nSPS) is 19.6. The second-order valence-corrected chi connectivity index (χ2v) is 4.61. The number of hydrogen-bond acceptors (Lipinski definition) is 4. The Morgan fingerprint density at radius 2 is 2.28 bits per heavy atom. The van der Waals surface area contributed by atoms with Gasteiger partial charge < -0.3 is 21.1 Å². The van der Waals surface area contributed by atoms with Crippen molar-refractivity contribution in [3.8, 4) is 5.75 Å². The van der Waals surface area contributed by atoms with E-state index in [1.165, 1.54) is 0 Å². The number of piperidine rings is 1. The molecule has 0 bridgehead atoms. The Hall–Kier alpha value is -1.91. The van der Waals surface area contributed by atoms with E-state index in [0.29, 0.717) is 12.2 Å². The molecule has 98 valence electrons. The molecule has 2 rings (SSSR count). The van der Waals surface area contributed by atoms with Gasteiger partial charge in [0, 0.05) is 19.2 Å². The summed E-state index contributed by atoms with van der Waals surface area (Å²) in [5.41, 5.74) is 13.0. The maximum atomic E-state index is 11.3. The van der Waals surface area contributed by atoms with Crippen LogP contribution in [0.4, 0.5) is 11.4 Å². The summed E-state index contributed by atoms with van der Waals surface area (Å²) in [5, 5.41) is 0. The number of carbonyl (C=O) groups excluding carboxylic acids is 1. The monoisotopic (exact) mass is 249 g/mol. The molecule has 0 saturated carbocycles. The summed E-state index contributed by atoms with van der Waals surface area (Å²) >= 11 is 0. The lowest BCUT2D eigenvalue weighted by atomic mass is 9.97. The highest BCUT2D eigenvalue weighted by Gasteiger charge is 2.25. The molecule has 1 saturated heterocycles. The lowest BCUT2D eigenvalue weighted by Gasteiger charge is -2.33. The molecule has 1 aromatic carbocycles. The van der Waals surface area contributed by atoms with Crippen molar-refractivity contribution in [1.82, 2.24) is 0 Å². The van der Waals surface area contributed by atoms with Crippen molar-refractivity contribution in [2.24, 2.45) is 11.7 Å². The molecule has 0 spiro atoms. The predicted molar refractivity (Wildman–Crippen MR) is 71.5 cm³/mol. The molecule has 0 aromatic heterocycles. The smallest absolute Gasteiger partial charge is 0.222 e. The van der Waals surface area contributed by atoms with Crippen LogP contribution in [0.2, 0.25) is 0 Å². The van der Waals surface area contributed by atoms with Crippen LogP contribution in [0.15, 0.2) is 18.2 Å². The highest BCUT2D eigenvalue weighted by Crippen LogP contribution is 2.30. The Bertz CT molecular complexity index is 448. The SMILES string of the molecule is COc1ccc(N2CCCC(C(N)=O)C2)c(N)c1. The van der Waals surface area contributed by atoms with Crippen LogP contribution in [-0.4, -0.2) is 26.1 Å². The number of benzene rings is 1. The van der Waals surface area contributed by atoms with Gasteiger partial charge in [-0.25, -0.2) is 0 Å². The molecule has 5 heteroatoms. The van der Waals surface area contributed by atoms with Crippen molar-refractivity contribution in [3.05, 3.63) is 18.2 Å². The van der Waals surface area contributed by atoms with E-state index >= 15 is 0 Å². The first kappa shape index (κ1) is 12.5. The maximum Gasteiger partial charge on any atom is 0.222 e. The zero-order chi connectivity index (χ0) is 13.1. The van der Waals surface area contributed by atoms with Gasteiger partial charge in [-0.1, -0.05) is 0 Å². The number of amides is 1. The molecule has 1 amide bonds. The Balaban J connectivity index is 2.18. The van der Waals surface area contributed by atoms with Gasteiger partial charge in [0.15, 0.2) is 0 Å². The molecule has 1 atom stereocenters. The van der Waals surface area contributed by atoms with Crippen LogP contribution >= 0.6 is 0 Å². The number of hydrogen-bond donors (Lipinski definition) is 2. The molecule has 1 aromatic rings. The second kappa shape index (κ2) is 5.16. The second-order valence-electron chi connectivity index (χ2n) is 4.61. The minimum atomic E-state index is -0.230. The first-order chi connectivity index (χ1) is 8.61. The molecule has 0 radical (unpaired) electrons. The fraction of sp³-hybridized carbons (Fsp3) is 0.462. The summed E-state index contributed by atoms with van der Waals surface area (Å²) < 4.78 is 5.12. The summed E-state index contributed by atoms with van der Waals surface area (Å²) in [6.45, 7) is 1.55. The van der Waals surface area contributed by atoms with Crippen molar-refractivity contribution in [3.63, 3.8) is 0 Å². The van der Waals surface area contributed by atoms with Gasteiger partial charge >= 0.3 is 0 Å². The molecular weight excluding hydrogens is 230 g/mol. The minimum Gasteiger partial charge on any atom is -0.497 e. The van der Waals surface area contributed by atoms with E-state index in [0.717, 1.165) is 30.8 Å². The van der Waals surface area contributed by atoms with E-state index in [4.69, 9.17) is 16.2 Å². The number of ether oxygens (including phenoxy) is 1. The zero-order valence-corrected chi connectivity index (χ0v) is 10.6. The molecule has 1 unspecified atom stereocenters. The zero-order valence-electron chi connectivity index (χ0n) is 10.6. The van der Waals surface area contributed by atoms with E-state index in [-0.39, 0.29) is 11.8 Å². The molecule has 1 aliphatic heterocycles. The maximum absolute atomic E-state index is 11.3. The first-order valence-corrected chi connectivity index (χ1v) is 6.09. The topological polar surface area (TPSA) is 81.6 Å². The summed E-state index contributed by atoms with van der Waals surface area (Å²) in [6.07, 6.45) is 1.82. The lowest BCUT2D eigenvalue weighted by molar-refractivity contribution is -0.122. The predicted octanol–water partition coefficient (Wildman–Crippen LogP) is 0.979. The van der Waals surface area contributed by atoms with Crippen LogP contribution in [0.25, 0.3) is 0 Å². The van der Waals surface area contributed by atoms with E-state index in [2.05, 4.69) is 4.90 Å². The third kappa shape index (κ3) is 2.50. The van der Waals surface area contributed by atoms with Gasteiger partial charge in [-0.2, -0.15) is 0 Å². The summed E-state index contributed by atoms with van der Waals surface area (Å²) in [5.74, 6) is 0.423. The molecular formula is C13H19N3O2. The van der Waals surface area contributed by atoms with Crippen molar-refractivity contribution < 1.29 is 9.53 Å². The Morgan fingerprint density at radius 3 is 2.89 bits per heavy atom. The molecule has 0 aliphatic carbocycles. The van der Waals surface area contributed by atoms with Gasteiger partial charge in [-0.05, 0) is 25.0 Å². The number of nitrogens with two attached hydrogens (primary N) is 2. The average molecular weight is 249 g/mol. The average Bonchev–Trinajstić information content (AvgIpc) is 2.38. The fourth-order valence-corrected chi connectivity index (χ4v) is 2.38. The van der Waals surface area contributed by atoms with Crippen molar-refractivity contribution >= 4 is 17.3 Å². The molecule has 1 fully saturated rings. The molecule has 18 heavy (non-hydrogen) atoms. The number of nitrogen functional groups attached to an aromatic ring is 1. The van der Waals surface area contributed by atoms with Crippen LogP contribution in [0.3, 0.4) is 0 Å². The van der Waals surface area contributed by atoms with E-state index in [1.54, 1.807) is 13.2 Å². The van der Waals surface area contributed by atoms with E-state index < -0.39 is 0 Å². The number of carbonyl (C=O) groups is 1. The van der Waals surface area contributed by atoms with Gasteiger partial charge in [-0.3, -0.25) is 4.79 Å². The lowest BCUT2D eigenvalue weighted by Crippen LogP contribution is -2.41. The summed E-state index contributed by atoms with van der Waals surface area (Å²) in [6, 6.07) is 5.60. The third-order valence-corrected chi connectivity index (χ3v) is 3.40. The van der Waals surface area contributed by atoms with Crippen LogP contribution in [-0.2, 0) is 4.79 Å². The first-order valence-electron chi connectivity index (χ1n) is 6.09.